The van der Waals surface area contributed by atoms with Crippen LogP contribution in [-0.4, -0.2) is 17.7 Å². The van der Waals surface area contributed by atoms with Gasteiger partial charge in [0.15, 0.2) is 0 Å². The molecule has 3 unspecified atom stereocenters. The number of hydrogen-bond donors (Lipinski definition) is 0. The van der Waals surface area contributed by atoms with Crippen molar-refractivity contribution in [2.24, 2.45) is 9.98 Å². The summed E-state index contributed by atoms with van der Waals surface area (Å²) in [6.45, 7) is 0. The monoisotopic (exact) mass is 767 g/mol. The second-order valence-corrected chi connectivity index (χ2v) is 16.0. The van der Waals surface area contributed by atoms with Gasteiger partial charge in [-0.05, 0) is 73.2 Å². The molecule has 60 heavy (non-hydrogen) atoms. The predicted octanol–water partition coefficient (Wildman–Crippen LogP) is 13.2. The van der Waals surface area contributed by atoms with E-state index in [9.17, 15) is 0 Å². The van der Waals surface area contributed by atoms with Crippen molar-refractivity contribution in [3.05, 3.63) is 268 Å². The summed E-state index contributed by atoms with van der Waals surface area (Å²) < 4.78 is 0. The van der Waals surface area contributed by atoms with Gasteiger partial charge in [0.2, 0.25) is 0 Å². The van der Waals surface area contributed by atoms with Gasteiger partial charge in [-0.1, -0.05) is 212 Å². The van der Waals surface area contributed by atoms with E-state index in [1.54, 1.807) is 0 Å². The lowest BCUT2D eigenvalue weighted by molar-refractivity contribution is 0.712. The van der Waals surface area contributed by atoms with E-state index in [-0.39, 0.29) is 18.1 Å². The number of rotatable bonds is 6. The van der Waals surface area contributed by atoms with Gasteiger partial charge in [-0.25, -0.2) is 0 Å². The van der Waals surface area contributed by atoms with Crippen LogP contribution in [0.4, 0.5) is 11.4 Å². The molecule has 0 spiro atoms. The summed E-state index contributed by atoms with van der Waals surface area (Å²) in [5.41, 5.74) is 14.1. The van der Waals surface area contributed by atoms with Gasteiger partial charge in [0, 0.05) is 17.0 Å². The summed E-state index contributed by atoms with van der Waals surface area (Å²) in [6, 6.07) is 70.0. The highest BCUT2D eigenvalue weighted by Crippen LogP contribution is 2.65. The summed E-state index contributed by atoms with van der Waals surface area (Å²) in [5, 5.41) is 7.55. The lowest BCUT2D eigenvalue weighted by Crippen LogP contribution is -2.30. The molecule has 0 radical (unpaired) electrons. The molecule has 0 N–H and O–H groups in total. The summed E-state index contributed by atoms with van der Waals surface area (Å²) >= 11 is 0. The summed E-state index contributed by atoms with van der Waals surface area (Å²) in [4.78, 5) is 12.8. The van der Waals surface area contributed by atoms with Crippen molar-refractivity contribution < 1.29 is 0 Å². The first kappa shape index (κ1) is 34.5. The molecule has 4 aliphatic rings. The van der Waals surface area contributed by atoms with Crippen molar-refractivity contribution in [1.82, 2.24) is 0 Å². The molecule has 0 bridgehead atoms. The van der Waals surface area contributed by atoms with Gasteiger partial charge in [0.25, 0.3) is 0 Å². The van der Waals surface area contributed by atoms with Gasteiger partial charge >= 0.3 is 0 Å². The Labute approximate surface area is 350 Å². The fourth-order valence-electron chi connectivity index (χ4n) is 10.4. The number of aliphatic imine (C=N–C) groups is 2. The highest BCUT2D eigenvalue weighted by molar-refractivity contribution is 6.19. The van der Waals surface area contributed by atoms with Gasteiger partial charge in [0.05, 0.1) is 29.1 Å². The van der Waals surface area contributed by atoms with Crippen LogP contribution in [0.1, 0.15) is 56.6 Å². The van der Waals surface area contributed by atoms with Crippen molar-refractivity contribution >= 4 is 33.8 Å². The maximum absolute atomic E-state index is 5.13. The maximum atomic E-state index is 5.13. The van der Waals surface area contributed by atoms with Crippen LogP contribution < -0.4 is 4.90 Å². The predicted molar refractivity (Wildman–Crippen MR) is 247 cm³/mol. The minimum Gasteiger partial charge on any atom is -0.438 e. The van der Waals surface area contributed by atoms with Crippen LogP contribution in [-0.2, 0) is 5.41 Å². The first-order valence-electron chi connectivity index (χ1n) is 20.8. The number of benzene rings is 8. The standard InChI is InChI=1S/C56H39N4/c1-5-19-37(20-6-1)53-57-54(38-21-7-2-8-22-38)59-55(58-53)39-33-35-42(36-34-39)60-48-32-18-16-30-46(48)50-51-49(43-27-13-14-28-44(43)52(50)60)45-29-15-17-31-47(45)56(51,40-23-9-3-10-24-40)41-25-11-4-12-26-41/h1-36,46,48,53H/q-1. The Balaban J connectivity index is 1.08. The Morgan fingerprint density at radius 1 is 0.533 bits per heavy atom. The topological polar surface area (TPSA) is 42.1 Å². The van der Waals surface area contributed by atoms with Crippen molar-refractivity contribution in [2.45, 2.75) is 23.5 Å². The van der Waals surface area contributed by atoms with Crippen LogP contribution in [0.3, 0.4) is 0 Å². The van der Waals surface area contributed by atoms with Crippen LogP contribution in [0.5, 0.6) is 0 Å². The normalized spacial score (nSPS) is 19.1. The molecule has 8 aromatic rings. The Morgan fingerprint density at radius 2 is 1.13 bits per heavy atom. The molecule has 0 saturated carbocycles. The maximum Gasteiger partial charge on any atom is 0.0822 e. The summed E-state index contributed by atoms with van der Waals surface area (Å²) in [7, 11) is 0. The van der Waals surface area contributed by atoms with Gasteiger partial charge < -0.3 is 15.2 Å². The second-order valence-electron chi connectivity index (χ2n) is 16.0. The molecule has 12 rings (SSSR count). The molecule has 284 valence electrons. The zero-order valence-corrected chi connectivity index (χ0v) is 32.8. The second kappa shape index (κ2) is 13.8. The molecule has 4 heteroatoms. The lowest BCUT2D eigenvalue weighted by Gasteiger charge is -2.36. The average Bonchev–Trinajstić information content (AvgIpc) is 3.84. The molecule has 0 aromatic heterocycles. The molecule has 0 fully saturated rings. The SMILES string of the molecule is C1=CC2c3c4c(c5ccccc5c3N(c3ccc(C5=NC(c6ccccc6)[N-]C(c6ccccc6)=N5)cc3)C2C=C1)-c1ccccc1C4(c1ccccc1)c1ccccc1. The first-order valence-corrected chi connectivity index (χ1v) is 20.8. The molecule has 3 atom stereocenters. The number of fused-ring (bicyclic) bond motifs is 10. The molecule has 8 aromatic carbocycles. The molecule has 0 saturated heterocycles. The fourth-order valence-corrected chi connectivity index (χ4v) is 10.4. The van der Waals surface area contributed by atoms with Crippen LogP contribution in [0, 0.1) is 0 Å². The van der Waals surface area contributed by atoms with Gasteiger partial charge in [-0.2, -0.15) is 0 Å². The minimum absolute atomic E-state index is 0.0784. The van der Waals surface area contributed by atoms with Crippen LogP contribution in [0.15, 0.2) is 228 Å². The van der Waals surface area contributed by atoms with Crippen LogP contribution in [0.25, 0.3) is 27.2 Å². The molecule has 0 amide bonds. The van der Waals surface area contributed by atoms with Gasteiger partial charge in [0.1, 0.15) is 0 Å². The fraction of sp³-hybridized carbons (Fsp3) is 0.0714. The van der Waals surface area contributed by atoms with Crippen molar-refractivity contribution in [2.75, 3.05) is 4.90 Å². The molecule has 2 heterocycles. The number of anilines is 2. The summed E-state index contributed by atoms with van der Waals surface area (Å²) in [5.74, 6) is 1.50. The highest BCUT2D eigenvalue weighted by Gasteiger charge is 2.53. The van der Waals surface area contributed by atoms with Crippen molar-refractivity contribution in [3.63, 3.8) is 0 Å². The average molecular weight is 768 g/mol. The molecule has 2 aliphatic heterocycles. The first-order chi connectivity index (χ1) is 29.8. The zero-order valence-electron chi connectivity index (χ0n) is 32.8. The van der Waals surface area contributed by atoms with E-state index >= 15 is 0 Å². The third kappa shape index (κ3) is 5.10. The Morgan fingerprint density at radius 3 is 1.85 bits per heavy atom. The quantitative estimate of drug-likeness (QED) is 0.166. The minimum atomic E-state index is -0.532. The largest absolute Gasteiger partial charge is 0.438 e. The van der Waals surface area contributed by atoms with E-state index in [0.29, 0.717) is 11.7 Å². The highest BCUT2D eigenvalue weighted by atomic mass is 15.2. The van der Waals surface area contributed by atoms with E-state index in [1.165, 1.54) is 55.4 Å². The van der Waals surface area contributed by atoms with Crippen molar-refractivity contribution in [1.29, 1.82) is 0 Å². The van der Waals surface area contributed by atoms with E-state index in [4.69, 9.17) is 15.3 Å². The number of allylic oxidation sites excluding steroid dienone is 2. The van der Waals surface area contributed by atoms with E-state index < -0.39 is 5.41 Å². The Hall–Kier alpha value is -7.56. The lowest BCUT2D eigenvalue weighted by atomic mass is 9.65. The molecular formula is C56H39N4-. The number of amidine groups is 2. The smallest absolute Gasteiger partial charge is 0.0822 e. The van der Waals surface area contributed by atoms with E-state index in [2.05, 4.69) is 187 Å². The molecule has 4 nitrogen and oxygen atoms in total. The molecular weight excluding hydrogens is 729 g/mol. The van der Waals surface area contributed by atoms with Crippen LogP contribution >= 0.6 is 0 Å². The Kier molecular flexibility index (Phi) is 7.92. The number of hydrogen-bond acceptors (Lipinski definition) is 3. The van der Waals surface area contributed by atoms with Gasteiger partial charge in [-0.3, -0.25) is 4.99 Å². The zero-order chi connectivity index (χ0) is 39.6. The van der Waals surface area contributed by atoms with Crippen LogP contribution in [0.2, 0.25) is 0 Å². The number of nitrogens with zero attached hydrogens (tertiary/aromatic N) is 4. The van der Waals surface area contributed by atoms with E-state index in [1.807, 2.05) is 36.4 Å². The van der Waals surface area contributed by atoms with Gasteiger partial charge in [-0.15, -0.1) is 0 Å². The van der Waals surface area contributed by atoms with Crippen molar-refractivity contribution in [3.8, 4) is 11.1 Å². The van der Waals surface area contributed by atoms with E-state index in [0.717, 1.165) is 22.4 Å². The Bertz CT molecular complexity index is 3020. The third-order valence-electron chi connectivity index (χ3n) is 12.8. The third-order valence-corrected chi connectivity index (χ3v) is 12.8. The summed E-state index contributed by atoms with van der Waals surface area (Å²) in [6.07, 6.45) is 8.90. The molecule has 2 aliphatic carbocycles.